The Bertz CT molecular complexity index is 628. The third kappa shape index (κ3) is 5.21. The molecule has 0 aromatic heterocycles. The average molecular weight is 340 g/mol. The van der Waals surface area contributed by atoms with Crippen molar-refractivity contribution in [1.82, 2.24) is 9.62 Å². The van der Waals surface area contributed by atoms with E-state index >= 15 is 0 Å². The first-order valence-corrected chi connectivity index (χ1v) is 9.36. The SMILES string of the molecule is CC(=O)N1CCCC(S(=O)(=O)NCCOc2ccc(C)cc2)C1. The topological polar surface area (TPSA) is 75.7 Å². The maximum Gasteiger partial charge on any atom is 0.219 e. The molecule has 1 aliphatic heterocycles. The van der Waals surface area contributed by atoms with Crippen molar-refractivity contribution in [3.8, 4) is 5.75 Å². The second-order valence-electron chi connectivity index (χ2n) is 5.83. The molecule has 1 N–H and O–H groups in total. The molecule has 1 fully saturated rings. The lowest BCUT2D eigenvalue weighted by Crippen LogP contribution is -2.48. The number of nitrogens with zero attached hydrogens (tertiary/aromatic N) is 1. The minimum atomic E-state index is -3.43. The summed E-state index contributed by atoms with van der Waals surface area (Å²) in [5.74, 6) is 0.642. The fraction of sp³-hybridized carbons (Fsp3) is 0.562. The lowest BCUT2D eigenvalue weighted by molar-refractivity contribution is -0.129. The summed E-state index contributed by atoms with van der Waals surface area (Å²) in [6.45, 7) is 4.85. The number of carbonyl (C=O) groups excluding carboxylic acids is 1. The number of carbonyl (C=O) groups is 1. The van der Waals surface area contributed by atoms with E-state index in [9.17, 15) is 13.2 Å². The van der Waals surface area contributed by atoms with Crippen LogP contribution in [0.1, 0.15) is 25.3 Å². The molecule has 1 atom stereocenters. The molecule has 23 heavy (non-hydrogen) atoms. The lowest BCUT2D eigenvalue weighted by atomic mass is 10.1. The normalized spacial score (nSPS) is 18.7. The van der Waals surface area contributed by atoms with Gasteiger partial charge in [-0.1, -0.05) is 17.7 Å². The van der Waals surface area contributed by atoms with Crippen LogP contribution in [0.15, 0.2) is 24.3 Å². The zero-order valence-corrected chi connectivity index (χ0v) is 14.4. The number of rotatable bonds is 6. The van der Waals surface area contributed by atoms with E-state index in [1.54, 1.807) is 4.90 Å². The van der Waals surface area contributed by atoms with Crippen LogP contribution in [0.5, 0.6) is 5.75 Å². The molecule has 6 nitrogen and oxygen atoms in total. The molecule has 2 rings (SSSR count). The van der Waals surface area contributed by atoms with Gasteiger partial charge in [0, 0.05) is 26.6 Å². The van der Waals surface area contributed by atoms with E-state index in [0.29, 0.717) is 19.4 Å². The van der Waals surface area contributed by atoms with E-state index < -0.39 is 15.3 Å². The first kappa shape index (κ1) is 17.7. The van der Waals surface area contributed by atoms with Gasteiger partial charge in [-0.3, -0.25) is 4.79 Å². The summed E-state index contributed by atoms with van der Waals surface area (Å²) in [6.07, 6.45) is 1.29. The first-order chi connectivity index (χ1) is 10.9. The third-order valence-corrected chi connectivity index (χ3v) is 5.83. The van der Waals surface area contributed by atoms with Gasteiger partial charge in [-0.25, -0.2) is 13.1 Å². The van der Waals surface area contributed by atoms with Gasteiger partial charge in [-0.15, -0.1) is 0 Å². The molecule has 1 aromatic carbocycles. The minimum Gasteiger partial charge on any atom is -0.492 e. The highest BCUT2D eigenvalue weighted by Crippen LogP contribution is 2.16. The molecular weight excluding hydrogens is 316 g/mol. The van der Waals surface area contributed by atoms with Crippen LogP contribution in [0.3, 0.4) is 0 Å². The van der Waals surface area contributed by atoms with Crippen molar-refractivity contribution in [3.05, 3.63) is 29.8 Å². The van der Waals surface area contributed by atoms with Crippen molar-refractivity contribution < 1.29 is 17.9 Å². The van der Waals surface area contributed by atoms with Crippen molar-refractivity contribution in [2.75, 3.05) is 26.2 Å². The van der Waals surface area contributed by atoms with Gasteiger partial charge >= 0.3 is 0 Å². The van der Waals surface area contributed by atoms with Crippen molar-refractivity contribution in [2.24, 2.45) is 0 Å². The van der Waals surface area contributed by atoms with Crippen molar-refractivity contribution in [1.29, 1.82) is 0 Å². The molecule has 1 saturated heterocycles. The number of nitrogens with one attached hydrogen (secondary N) is 1. The highest BCUT2D eigenvalue weighted by atomic mass is 32.2. The third-order valence-electron chi connectivity index (χ3n) is 3.96. The van der Waals surface area contributed by atoms with E-state index in [1.165, 1.54) is 6.92 Å². The van der Waals surface area contributed by atoms with Crippen LogP contribution in [0.2, 0.25) is 0 Å². The van der Waals surface area contributed by atoms with Crippen LogP contribution in [0, 0.1) is 6.92 Å². The van der Waals surface area contributed by atoms with Crippen LogP contribution in [0.4, 0.5) is 0 Å². The predicted molar refractivity (Wildman–Crippen MR) is 88.9 cm³/mol. The summed E-state index contributed by atoms with van der Waals surface area (Å²) in [7, 11) is -3.43. The zero-order chi connectivity index (χ0) is 16.9. The number of piperidine rings is 1. The summed E-state index contributed by atoms with van der Waals surface area (Å²) in [5, 5.41) is -0.542. The smallest absolute Gasteiger partial charge is 0.219 e. The minimum absolute atomic E-state index is 0.0763. The fourth-order valence-corrected chi connectivity index (χ4v) is 4.04. The largest absolute Gasteiger partial charge is 0.492 e. The van der Waals surface area contributed by atoms with Gasteiger partial charge in [0.15, 0.2) is 0 Å². The Morgan fingerprint density at radius 3 is 2.70 bits per heavy atom. The first-order valence-electron chi connectivity index (χ1n) is 7.82. The molecule has 0 radical (unpaired) electrons. The van der Waals surface area contributed by atoms with E-state index in [1.807, 2.05) is 31.2 Å². The quantitative estimate of drug-likeness (QED) is 0.792. The van der Waals surface area contributed by atoms with Crippen molar-refractivity contribution in [2.45, 2.75) is 31.9 Å². The second-order valence-corrected chi connectivity index (χ2v) is 7.88. The summed E-state index contributed by atoms with van der Waals surface area (Å²) >= 11 is 0. The molecule has 1 aliphatic rings. The molecule has 1 amide bonds. The van der Waals surface area contributed by atoms with Crippen molar-refractivity contribution in [3.63, 3.8) is 0 Å². The van der Waals surface area contributed by atoms with E-state index in [-0.39, 0.29) is 25.6 Å². The van der Waals surface area contributed by atoms with Gasteiger partial charge in [0.05, 0.1) is 5.25 Å². The molecule has 1 unspecified atom stereocenters. The monoisotopic (exact) mass is 340 g/mol. The molecule has 1 heterocycles. The highest BCUT2D eigenvalue weighted by molar-refractivity contribution is 7.90. The summed E-state index contributed by atoms with van der Waals surface area (Å²) in [5.41, 5.74) is 1.14. The van der Waals surface area contributed by atoms with Gasteiger partial charge in [-0.2, -0.15) is 0 Å². The van der Waals surface area contributed by atoms with Gasteiger partial charge in [-0.05, 0) is 31.9 Å². The number of likely N-dealkylation sites (tertiary alicyclic amines) is 1. The van der Waals surface area contributed by atoms with Gasteiger partial charge in [0.1, 0.15) is 12.4 Å². The maximum absolute atomic E-state index is 12.3. The second kappa shape index (κ2) is 7.79. The Morgan fingerprint density at radius 1 is 1.35 bits per heavy atom. The summed E-state index contributed by atoms with van der Waals surface area (Å²) in [6, 6.07) is 7.60. The molecule has 1 aromatic rings. The van der Waals surface area contributed by atoms with Crippen LogP contribution < -0.4 is 9.46 Å². The molecule has 128 valence electrons. The maximum atomic E-state index is 12.3. The van der Waals surface area contributed by atoms with Gasteiger partial charge in [0.2, 0.25) is 15.9 Å². The van der Waals surface area contributed by atoms with Crippen LogP contribution in [-0.2, 0) is 14.8 Å². The number of hydrogen-bond donors (Lipinski definition) is 1. The van der Waals surface area contributed by atoms with E-state index in [2.05, 4.69) is 4.72 Å². The molecule has 0 aliphatic carbocycles. The number of hydrogen-bond acceptors (Lipinski definition) is 4. The molecule has 0 bridgehead atoms. The number of amides is 1. The number of ether oxygens (including phenoxy) is 1. The molecule has 0 saturated carbocycles. The molecular formula is C16H24N2O4S. The number of aryl methyl sites for hydroxylation is 1. The van der Waals surface area contributed by atoms with Crippen molar-refractivity contribution >= 4 is 15.9 Å². The van der Waals surface area contributed by atoms with Crippen LogP contribution in [0.25, 0.3) is 0 Å². The van der Waals surface area contributed by atoms with Gasteiger partial charge < -0.3 is 9.64 Å². The number of sulfonamides is 1. The standard InChI is InChI=1S/C16H24N2O4S/c1-13-5-7-15(8-6-13)22-11-9-17-23(20,21)16-4-3-10-18(12-16)14(2)19/h5-8,16-17H,3-4,9-12H2,1-2H3. The highest BCUT2D eigenvalue weighted by Gasteiger charge is 2.31. The Kier molecular flexibility index (Phi) is 6.01. The lowest BCUT2D eigenvalue weighted by Gasteiger charge is -2.31. The number of benzene rings is 1. The van der Waals surface area contributed by atoms with Crippen LogP contribution >= 0.6 is 0 Å². The molecule has 7 heteroatoms. The zero-order valence-electron chi connectivity index (χ0n) is 13.6. The Balaban J connectivity index is 1.79. The van der Waals surface area contributed by atoms with Gasteiger partial charge in [0.25, 0.3) is 0 Å². The average Bonchev–Trinajstić information content (AvgIpc) is 2.53. The predicted octanol–water partition coefficient (Wildman–Crippen LogP) is 1.30. The Labute approximate surface area is 137 Å². The summed E-state index contributed by atoms with van der Waals surface area (Å²) in [4.78, 5) is 13.0. The van der Waals surface area contributed by atoms with E-state index in [0.717, 1.165) is 11.3 Å². The molecule has 0 spiro atoms. The Morgan fingerprint density at radius 2 is 2.04 bits per heavy atom. The fourth-order valence-electron chi connectivity index (χ4n) is 2.58. The van der Waals surface area contributed by atoms with E-state index in [4.69, 9.17) is 4.74 Å². The Hall–Kier alpha value is -1.60. The summed E-state index contributed by atoms with van der Waals surface area (Å²) < 4.78 is 32.7. The van der Waals surface area contributed by atoms with Crippen LogP contribution in [-0.4, -0.2) is 50.7 Å².